The molecule has 1 aliphatic heterocycles. The van der Waals surface area contributed by atoms with Crippen LogP contribution < -0.4 is 5.32 Å². The van der Waals surface area contributed by atoms with E-state index in [2.05, 4.69) is 70.6 Å². The van der Waals surface area contributed by atoms with Crippen molar-refractivity contribution < 1.29 is 0 Å². The fraction of sp³-hybridized carbons (Fsp3) is 0.318. The average molecular weight is 392 g/mol. The van der Waals surface area contributed by atoms with E-state index in [-0.39, 0.29) is 12.1 Å². The third-order valence-electron chi connectivity index (χ3n) is 5.52. The van der Waals surface area contributed by atoms with E-state index in [4.69, 9.17) is 12.2 Å². The van der Waals surface area contributed by atoms with Crippen molar-refractivity contribution in [3.8, 4) is 5.82 Å². The molecule has 144 valence electrons. The number of aromatic nitrogens is 3. The van der Waals surface area contributed by atoms with Gasteiger partial charge in [-0.15, -0.1) is 0 Å². The van der Waals surface area contributed by atoms with Crippen LogP contribution in [0.1, 0.15) is 47.2 Å². The van der Waals surface area contributed by atoms with Gasteiger partial charge < -0.3 is 14.8 Å². The van der Waals surface area contributed by atoms with Crippen molar-refractivity contribution in [2.75, 3.05) is 6.54 Å². The molecule has 28 heavy (non-hydrogen) atoms. The first-order valence-electron chi connectivity index (χ1n) is 9.61. The predicted octanol–water partition coefficient (Wildman–Crippen LogP) is 4.18. The summed E-state index contributed by atoms with van der Waals surface area (Å²) in [7, 11) is 0. The third-order valence-corrected chi connectivity index (χ3v) is 5.87. The first-order valence-corrected chi connectivity index (χ1v) is 10.0. The fourth-order valence-electron chi connectivity index (χ4n) is 4.21. The van der Waals surface area contributed by atoms with Gasteiger partial charge in [0.2, 0.25) is 0 Å². The van der Waals surface area contributed by atoms with Crippen molar-refractivity contribution in [2.45, 2.75) is 39.8 Å². The fourth-order valence-corrected chi connectivity index (χ4v) is 4.58. The van der Waals surface area contributed by atoms with Gasteiger partial charge in [-0.25, -0.2) is 4.98 Å². The maximum atomic E-state index is 5.66. The number of aryl methyl sites for hydroxylation is 2. The molecule has 0 saturated carbocycles. The highest BCUT2D eigenvalue weighted by Gasteiger charge is 2.40. The lowest BCUT2D eigenvalue weighted by Gasteiger charge is -2.27. The van der Waals surface area contributed by atoms with Crippen LogP contribution in [0.2, 0.25) is 0 Å². The molecular formula is C22H25N5S. The Morgan fingerprint density at radius 1 is 1.07 bits per heavy atom. The zero-order valence-electron chi connectivity index (χ0n) is 16.7. The predicted molar refractivity (Wildman–Crippen MR) is 116 cm³/mol. The standard InChI is InChI=1S/C22H25N5S/c1-5-26-20(19(25-22(26)28)18-10-6-7-11-23-18)17-13-15(3)27(16(17)4)21-14(2)9-8-12-24-21/h6-13,19-20H,5H2,1-4H3,(H,25,28). The van der Waals surface area contributed by atoms with E-state index >= 15 is 0 Å². The molecule has 0 spiro atoms. The number of thiocarbonyl (C=S) groups is 1. The van der Waals surface area contributed by atoms with Crippen LogP contribution in [-0.4, -0.2) is 31.1 Å². The molecule has 3 aromatic rings. The van der Waals surface area contributed by atoms with Crippen LogP contribution in [0.15, 0.2) is 48.8 Å². The van der Waals surface area contributed by atoms with Crippen LogP contribution in [-0.2, 0) is 0 Å². The normalized spacial score (nSPS) is 19.1. The van der Waals surface area contributed by atoms with Crippen LogP contribution in [0, 0.1) is 20.8 Å². The molecule has 1 saturated heterocycles. The van der Waals surface area contributed by atoms with Gasteiger partial charge in [0.15, 0.2) is 5.11 Å². The summed E-state index contributed by atoms with van der Waals surface area (Å²) in [6.45, 7) is 9.39. The minimum Gasteiger partial charge on any atom is -0.352 e. The molecule has 0 aliphatic carbocycles. The molecule has 0 radical (unpaired) electrons. The molecule has 4 rings (SSSR count). The summed E-state index contributed by atoms with van der Waals surface area (Å²) in [5.41, 5.74) is 5.78. The van der Waals surface area contributed by atoms with E-state index in [9.17, 15) is 0 Å². The second-order valence-corrected chi connectivity index (χ2v) is 7.61. The number of rotatable bonds is 4. The monoisotopic (exact) mass is 391 g/mol. The molecule has 1 aliphatic rings. The topological polar surface area (TPSA) is 46.0 Å². The number of likely N-dealkylation sites (N-methyl/N-ethyl adjacent to an activating group) is 1. The molecular weight excluding hydrogens is 366 g/mol. The van der Waals surface area contributed by atoms with E-state index in [0.29, 0.717) is 0 Å². The molecule has 6 heteroatoms. The van der Waals surface area contributed by atoms with Gasteiger partial charge >= 0.3 is 0 Å². The van der Waals surface area contributed by atoms with Crippen molar-refractivity contribution in [1.82, 2.24) is 24.8 Å². The van der Waals surface area contributed by atoms with Crippen molar-refractivity contribution in [3.63, 3.8) is 0 Å². The van der Waals surface area contributed by atoms with Gasteiger partial charge in [-0.2, -0.15) is 0 Å². The second kappa shape index (κ2) is 7.36. The number of hydrogen-bond acceptors (Lipinski definition) is 3. The Hall–Kier alpha value is -2.73. The number of hydrogen-bond donors (Lipinski definition) is 1. The Balaban J connectivity index is 1.85. The van der Waals surface area contributed by atoms with Crippen LogP contribution in [0.5, 0.6) is 0 Å². The molecule has 0 bridgehead atoms. The molecule has 1 fully saturated rings. The zero-order valence-corrected chi connectivity index (χ0v) is 17.5. The van der Waals surface area contributed by atoms with E-state index in [1.165, 1.54) is 17.0 Å². The molecule has 0 amide bonds. The van der Waals surface area contributed by atoms with Gasteiger partial charge in [0, 0.05) is 30.3 Å². The first kappa shape index (κ1) is 18.6. The SMILES string of the molecule is CCN1C(=S)NC(c2ccccn2)C1c1cc(C)n(-c2ncccc2C)c1C. The quantitative estimate of drug-likeness (QED) is 0.676. The Morgan fingerprint density at radius 2 is 1.86 bits per heavy atom. The average Bonchev–Trinajstić information content (AvgIpc) is 3.18. The minimum atomic E-state index is 0.0208. The maximum absolute atomic E-state index is 5.66. The number of pyridine rings is 2. The molecule has 5 nitrogen and oxygen atoms in total. The Labute approximate surface area is 171 Å². The Morgan fingerprint density at radius 3 is 2.54 bits per heavy atom. The number of nitrogens with zero attached hydrogens (tertiary/aromatic N) is 4. The highest BCUT2D eigenvalue weighted by atomic mass is 32.1. The first-order chi connectivity index (χ1) is 13.5. The van der Waals surface area contributed by atoms with Crippen molar-refractivity contribution in [2.24, 2.45) is 0 Å². The molecule has 3 aromatic heterocycles. The van der Waals surface area contributed by atoms with Crippen molar-refractivity contribution in [3.05, 3.63) is 77.0 Å². The molecule has 2 unspecified atom stereocenters. The molecule has 2 atom stereocenters. The summed E-state index contributed by atoms with van der Waals surface area (Å²) in [5.74, 6) is 0.981. The largest absolute Gasteiger partial charge is 0.352 e. The summed E-state index contributed by atoms with van der Waals surface area (Å²) in [4.78, 5) is 11.5. The molecule has 4 heterocycles. The van der Waals surface area contributed by atoms with Gasteiger partial charge in [-0.05, 0) is 75.3 Å². The lowest BCUT2D eigenvalue weighted by atomic mass is 9.97. The Kier molecular flexibility index (Phi) is 4.89. The highest BCUT2D eigenvalue weighted by molar-refractivity contribution is 7.80. The molecule has 0 aromatic carbocycles. The lowest BCUT2D eigenvalue weighted by molar-refractivity contribution is 0.329. The summed E-state index contributed by atoms with van der Waals surface area (Å²) in [5, 5.41) is 4.28. The van der Waals surface area contributed by atoms with Gasteiger partial charge in [-0.1, -0.05) is 12.1 Å². The lowest BCUT2D eigenvalue weighted by Crippen LogP contribution is -2.29. The van der Waals surface area contributed by atoms with E-state index in [0.717, 1.165) is 28.7 Å². The molecule has 1 N–H and O–H groups in total. The van der Waals surface area contributed by atoms with E-state index < -0.39 is 0 Å². The maximum Gasteiger partial charge on any atom is 0.170 e. The number of nitrogens with one attached hydrogen (secondary N) is 1. The zero-order chi connectivity index (χ0) is 19.8. The summed E-state index contributed by atoms with van der Waals surface area (Å²) in [6.07, 6.45) is 3.69. The Bertz CT molecular complexity index is 1010. The van der Waals surface area contributed by atoms with Crippen LogP contribution >= 0.6 is 12.2 Å². The minimum absolute atomic E-state index is 0.0208. The second-order valence-electron chi connectivity index (χ2n) is 7.22. The van der Waals surface area contributed by atoms with Gasteiger partial charge in [0.1, 0.15) is 5.82 Å². The van der Waals surface area contributed by atoms with Gasteiger partial charge in [0.25, 0.3) is 0 Å². The van der Waals surface area contributed by atoms with Gasteiger partial charge in [0.05, 0.1) is 17.8 Å². The van der Waals surface area contributed by atoms with E-state index in [1.807, 2.05) is 30.6 Å². The van der Waals surface area contributed by atoms with Crippen LogP contribution in [0.3, 0.4) is 0 Å². The summed E-state index contributed by atoms with van der Waals surface area (Å²) in [6, 6.07) is 12.5. The van der Waals surface area contributed by atoms with Crippen LogP contribution in [0.25, 0.3) is 5.82 Å². The summed E-state index contributed by atoms with van der Waals surface area (Å²) < 4.78 is 2.25. The van der Waals surface area contributed by atoms with Crippen molar-refractivity contribution >= 4 is 17.3 Å². The third kappa shape index (κ3) is 2.98. The smallest absolute Gasteiger partial charge is 0.170 e. The van der Waals surface area contributed by atoms with E-state index in [1.54, 1.807) is 0 Å². The van der Waals surface area contributed by atoms with Gasteiger partial charge in [-0.3, -0.25) is 4.98 Å². The van der Waals surface area contributed by atoms with Crippen LogP contribution in [0.4, 0.5) is 0 Å². The summed E-state index contributed by atoms with van der Waals surface area (Å²) >= 11 is 5.66. The highest BCUT2D eigenvalue weighted by Crippen LogP contribution is 2.41. The van der Waals surface area contributed by atoms with Crippen molar-refractivity contribution in [1.29, 1.82) is 0 Å².